The summed E-state index contributed by atoms with van der Waals surface area (Å²) >= 11 is 7.53. The van der Waals surface area contributed by atoms with Gasteiger partial charge < -0.3 is 19.5 Å². The number of thioether (sulfide) groups is 1. The van der Waals surface area contributed by atoms with Gasteiger partial charge in [-0.1, -0.05) is 35.9 Å². The largest absolute Gasteiger partial charge is 0.486 e. The highest BCUT2D eigenvalue weighted by atomic mass is 35.5. The van der Waals surface area contributed by atoms with Gasteiger partial charge in [-0.05, 0) is 24.3 Å². The second kappa shape index (κ2) is 10.2. The van der Waals surface area contributed by atoms with E-state index in [1.54, 1.807) is 6.07 Å². The van der Waals surface area contributed by atoms with E-state index in [0.29, 0.717) is 28.9 Å². The maximum Gasteiger partial charge on any atom is 0.307 e. The molecule has 1 amide bonds. The summed E-state index contributed by atoms with van der Waals surface area (Å²) in [6.07, 6.45) is -0.0962. The molecule has 1 aliphatic rings. The Kier molecular flexibility index (Phi) is 7.45. The molecule has 0 aromatic heterocycles. The van der Waals surface area contributed by atoms with E-state index < -0.39 is 5.97 Å². The summed E-state index contributed by atoms with van der Waals surface area (Å²) in [5, 5.41) is 3.33. The predicted octanol–water partition coefficient (Wildman–Crippen LogP) is 3.32. The molecular formula is C20H20ClNO5S. The fourth-order valence-electron chi connectivity index (χ4n) is 2.47. The number of esters is 1. The second-order valence-corrected chi connectivity index (χ2v) is 7.54. The van der Waals surface area contributed by atoms with Gasteiger partial charge in [0.2, 0.25) is 0 Å². The number of fused-ring (bicyclic) bond motifs is 1. The van der Waals surface area contributed by atoms with Crippen LogP contribution in [0.25, 0.3) is 0 Å². The van der Waals surface area contributed by atoms with Gasteiger partial charge in [0, 0.05) is 10.6 Å². The number of ether oxygens (including phenoxy) is 3. The van der Waals surface area contributed by atoms with Crippen molar-refractivity contribution >= 4 is 35.2 Å². The number of hydrogen-bond donors (Lipinski definition) is 1. The highest BCUT2D eigenvalue weighted by molar-refractivity contribution is 7.99. The number of hydrogen-bond acceptors (Lipinski definition) is 6. The number of carbonyl (C=O) groups is 2. The van der Waals surface area contributed by atoms with E-state index in [-0.39, 0.29) is 31.6 Å². The van der Waals surface area contributed by atoms with Crippen LogP contribution in [0.5, 0.6) is 11.5 Å². The summed E-state index contributed by atoms with van der Waals surface area (Å²) in [6.45, 7) is 0.295. The first kappa shape index (κ1) is 20.4. The number of rotatable bonds is 8. The van der Waals surface area contributed by atoms with Gasteiger partial charge in [0.05, 0.1) is 18.0 Å². The zero-order valence-electron chi connectivity index (χ0n) is 15.1. The molecule has 0 aliphatic carbocycles. The van der Waals surface area contributed by atoms with Gasteiger partial charge in [-0.15, -0.1) is 11.8 Å². The lowest BCUT2D eigenvalue weighted by atomic mass is 10.2. The Balaban J connectivity index is 1.30. The lowest BCUT2D eigenvalue weighted by molar-refractivity contribution is -0.148. The van der Waals surface area contributed by atoms with Gasteiger partial charge in [0.15, 0.2) is 18.1 Å². The van der Waals surface area contributed by atoms with E-state index in [4.69, 9.17) is 25.8 Å². The van der Waals surface area contributed by atoms with Crippen LogP contribution in [-0.4, -0.2) is 43.5 Å². The highest BCUT2D eigenvalue weighted by Gasteiger charge is 2.21. The number of halogens is 1. The van der Waals surface area contributed by atoms with Crippen molar-refractivity contribution in [2.75, 3.05) is 25.5 Å². The summed E-state index contributed by atoms with van der Waals surface area (Å²) in [5.74, 6) is 1.05. The van der Waals surface area contributed by atoms with Crippen LogP contribution in [-0.2, 0) is 14.3 Å². The van der Waals surface area contributed by atoms with Gasteiger partial charge in [-0.2, -0.15) is 0 Å². The summed E-state index contributed by atoms with van der Waals surface area (Å²) < 4.78 is 16.3. The third-order valence-corrected chi connectivity index (χ3v) is 5.38. The zero-order chi connectivity index (χ0) is 19.8. The maximum atomic E-state index is 11.9. The molecule has 3 rings (SSSR count). The molecule has 2 aromatic carbocycles. The fourth-order valence-corrected chi connectivity index (χ4v) is 3.64. The molecule has 6 nitrogen and oxygen atoms in total. The molecule has 1 N–H and O–H groups in total. The molecule has 1 atom stereocenters. The summed E-state index contributed by atoms with van der Waals surface area (Å²) in [6, 6.07) is 14.8. The average molecular weight is 422 g/mol. The van der Waals surface area contributed by atoms with Gasteiger partial charge in [-0.3, -0.25) is 9.59 Å². The second-order valence-electron chi connectivity index (χ2n) is 5.99. The zero-order valence-corrected chi connectivity index (χ0v) is 16.6. The van der Waals surface area contributed by atoms with Crippen LogP contribution in [0.1, 0.15) is 6.42 Å². The minimum Gasteiger partial charge on any atom is -0.486 e. The van der Waals surface area contributed by atoms with Gasteiger partial charge in [-0.25, -0.2) is 0 Å². The third-order valence-electron chi connectivity index (χ3n) is 3.86. The lowest BCUT2D eigenvalue weighted by Crippen LogP contribution is -2.42. The Morgan fingerprint density at radius 3 is 2.71 bits per heavy atom. The molecule has 2 aromatic rings. The summed E-state index contributed by atoms with van der Waals surface area (Å²) in [5.41, 5.74) is 0. The SMILES string of the molecule is O=C(COC(=O)CCSc1ccccc1Cl)NCC1COc2ccccc2O1. The van der Waals surface area contributed by atoms with Crippen molar-refractivity contribution in [2.24, 2.45) is 0 Å². The lowest BCUT2D eigenvalue weighted by Gasteiger charge is -2.26. The molecule has 0 saturated heterocycles. The van der Waals surface area contributed by atoms with Crippen molar-refractivity contribution in [3.05, 3.63) is 53.6 Å². The average Bonchev–Trinajstić information content (AvgIpc) is 2.72. The fraction of sp³-hybridized carbons (Fsp3) is 0.300. The predicted molar refractivity (Wildman–Crippen MR) is 107 cm³/mol. The van der Waals surface area contributed by atoms with E-state index in [9.17, 15) is 9.59 Å². The van der Waals surface area contributed by atoms with Crippen molar-refractivity contribution in [3.63, 3.8) is 0 Å². The standard InChI is InChI=1S/C20H20ClNO5S/c21-15-5-1-4-8-18(15)28-10-9-20(24)26-13-19(23)22-11-14-12-25-16-6-2-3-7-17(16)27-14/h1-8,14H,9-13H2,(H,22,23). The van der Waals surface area contributed by atoms with Gasteiger partial charge >= 0.3 is 5.97 Å². The van der Waals surface area contributed by atoms with Crippen molar-refractivity contribution in [1.82, 2.24) is 5.32 Å². The topological polar surface area (TPSA) is 73.9 Å². The van der Waals surface area contributed by atoms with Crippen LogP contribution < -0.4 is 14.8 Å². The first-order valence-corrected chi connectivity index (χ1v) is 10.2. The molecule has 148 valence electrons. The quantitative estimate of drug-likeness (QED) is 0.520. The molecule has 8 heteroatoms. The van der Waals surface area contributed by atoms with Crippen molar-refractivity contribution in [1.29, 1.82) is 0 Å². The molecule has 1 unspecified atom stereocenters. The Bertz CT molecular complexity index is 832. The van der Waals surface area contributed by atoms with Crippen LogP contribution in [0, 0.1) is 0 Å². The van der Waals surface area contributed by atoms with Crippen LogP contribution in [0.3, 0.4) is 0 Å². The minimum absolute atomic E-state index is 0.194. The van der Waals surface area contributed by atoms with Gasteiger partial charge in [0.25, 0.3) is 5.91 Å². The summed E-state index contributed by atoms with van der Waals surface area (Å²) in [4.78, 5) is 24.5. The van der Waals surface area contributed by atoms with E-state index in [0.717, 1.165) is 4.90 Å². The van der Waals surface area contributed by atoms with Crippen LogP contribution in [0.2, 0.25) is 5.02 Å². The molecular weight excluding hydrogens is 402 g/mol. The van der Waals surface area contributed by atoms with Crippen molar-refractivity contribution in [3.8, 4) is 11.5 Å². The Labute approximate surface area is 172 Å². The third kappa shape index (κ3) is 6.07. The molecule has 0 saturated carbocycles. The van der Waals surface area contributed by atoms with Crippen molar-refractivity contribution < 1.29 is 23.8 Å². The molecule has 0 spiro atoms. The first-order chi connectivity index (χ1) is 13.6. The van der Waals surface area contributed by atoms with Crippen molar-refractivity contribution in [2.45, 2.75) is 17.4 Å². The monoisotopic (exact) mass is 421 g/mol. The maximum absolute atomic E-state index is 11.9. The Hall–Kier alpha value is -2.38. The molecule has 1 aliphatic heterocycles. The molecule has 1 heterocycles. The normalized spacial score (nSPS) is 15.0. The van der Waals surface area contributed by atoms with Crippen LogP contribution >= 0.6 is 23.4 Å². The van der Waals surface area contributed by atoms with Crippen LogP contribution in [0.4, 0.5) is 0 Å². The number of amides is 1. The highest BCUT2D eigenvalue weighted by Crippen LogP contribution is 2.30. The van der Waals surface area contributed by atoms with E-state index >= 15 is 0 Å². The minimum atomic E-state index is -0.430. The number of benzene rings is 2. The number of carbonyl (C=O) groups excluding carboxylic acids is 2. The van der Waals surface area contributed by atoms with E-state index in [1.165, 1.54) is 11.8 Å². The molecule has 0 fully saturated rings. The Morgan fingerprint density at radius 1 is 1.14 bits per heavy atom. The molecule has 0 radical (unpaired) electrons. The number of nitrogens with one attached hydrogen (secondary N) is 1. The van der Waals surface area contributed by atoms with Crippen LogP contribution in [0.15, 0.2) is 53.4 Å². The number of para-hydroxylation sites is 2. The van der Waals surface area contributed by atoms with E-state index in [2.05, 4.69) is 5.32 Å². The smallest absolute Gasteiger partial charge is 0.307 e. The first-order valence-electron chi connectivity index (χ1n) is 8.80. The molecule has 28 heavy (non-hydrogen) atoms. The van der Waals surface area contributed by atoms with E-state index in [1.807, 2.05) is 42.5 Å². The molecule has 0 bridgehead atoms. The summed E-state index contributed by atoms with van der Waals surface area (Å²) in [7, 11) is 0. The Morgan fingerprint density at radius 2 is 1.89 bits per heavy atom. The van der Waals surface area contributed by atoms with Gasteiger partial charge in [0.1, 0.15) is 12.7 Å².